The molecule has 1 aliphatic carbocycles. The first-order chi connectivity index (χ1) is 17.8. The molecule has 0 bridgehead atoms. The van der Waals surface area contributed by atoms with Crippen LogP contribution in [-0.2, 0) is 7.05 Å². The zero-order chi connectivity index (χ0) is 25.9. The first-order valence-corrected chi connectivity index (χ1v) is 12.1. The Morgan fingerprint density at radius 3 is 2.57 bits per heavy atom. The molecule has 9 nitrogen and oxygen atoms in total. The van der Waals surface area contributed by atoms with Gasteiger partial charge in [-0.3, -0.25) is 9.59 Å². The second kappa shape index (κ2) is 8.48. The molecule has 1 aliphatic heterocycles. The second-order valence-corrected chi connectivity index (χ2v) is 9.67. The normalized spacial score (nSPS) is 16.4. The third kappa shape index (κ3) is 3.95. The number of hydrogen-bond donors (Lipinski definition) is 2. The minimum absolute atomic E-state index is 0.0897. The Morgan fingerprint density at radius 1 is 1.08 bits per heavy atom. The molecule has 2 fully saturated rings. The van der Waals surface area contributed by atoms with Gasteiger partial charge in [0.1, 0.15) is 22.7 Å². The number of piperazine rings is 1. The smallest absolute Gasteiger partial charge is 0.276 e. The highest BCUT2D eigenvalue weighted by Crippen LogP contribution is 2.42. The van der Waals surface area contributed by atoms with Crippen LogP contribution in [0.25, 0.3) is 16.7 Å². The van der Waals surface area contributed by atoms with E-state index in [-0.39, 0.29) is 11.2 Å². The Hall–Kier alpha value is -4.12. The lowest BCUT2D eigenvalue weighted by Crippen LogP contribution is -2.52. The lowest BCUT2D eigenvalue weighted by atomic mass is 10.1. The van der Waals surface area contributed by atoms with E-state index in [1.165, 1.54) is 12.1 Å². The van der Waals surface area contributed by atoms with Crippen molar-refractivity contribution in [1.29, 1.82) is 0 Å². The van der Waals surface area contributed by atoms with Gasteiger partial charge in [0.05, 0.1) is 16.9 Å². The van der Waals surface area contributed by atoms with Gasteiger partial charge in [-0.25, -0.2) is 13.8 Å². The van der Waals surface area contributed by atoms with Crippen LogP contribution in [0.2, 0.25) is 0 Å². The quantitative estimate of drug-likeness (QED) is 0.443. The van der Waals surface area contributed by atoms with Crippen molar-refractivity contribution in [2.45, 2.75) is 25.3 Å². The third-order valence-electron chi connectivity index (χ3n) is 7.23. The summed E-state index contributed by atoms with van der Waals surface area (Å²) >= 11 is 0. The average molecular weight is 506 g/mol. The molecule has 2 aromatic heterocycles. The highest BCUT2D eigenvalue weighted by atomic mass is 19.1. The zero-order valence-corrected chi connectivity index (χ0v) is 20.4. The average Bonchev–Trinajstić information content (AvgIpc) is 3.55. The number of para-hydroxylation sites is 1. The monoisotopic (exact) mass is 505 g/mol. The highest BCUT2D eigenvalue weighted by molar-refractivity contribution is 6.08. The number of imidazole rings is 1. The number of rotatable bonds is 4. The van der Waals surface area contributed by atoms with Crippen molar-refractivity contribution < 1.29 is 13.6 Å². The number of nitrogens with one attached hydrogen (secondary N) is 2. The van der Waals surface area contributed by atoms with Crippen LogP contribution in [0.15, 0.2) is 47.3 Å². The van der Waals surface area contributed by atoms with E-state index in [9.17, 15) is 18.4 Å². The lowest BCUT2D eigenvalue weighted by molar-refractivity contribution is 0.102. The molecule has 11 heteroatoms. The molecule has 2 aliphatic rings. The molecule has 2 N–H and O–H groups in total. The SMILES string of the molecule is Cc1nc2c(N3CCNC4(CC4)C3)c(NC(=O)c3ccc(=O)n(-c4c(F)cccc4F)n3)ccc2n1C. The Kier molecular flexibility index (Phi) is 5.34. The summed E-state index contributed by atoms with van der Waals surface area (Å²) in [5.41, 5.74) is 1.61. The highest BCUT2D eigenvalue weighted by Gasteiger charge is 2.46. The molecule has 2 aromatic carbocycles. The van der Waals surface area contributed by atoms with Crippen molar-refractivity contribution in [1.82, 2.24) is 24.6 Å². The minimum Gasteiger partial charge on any atom is -0.365 e. The predicted octanol–water partition coefficient (Wildman–Crippen LogP) is 2.90. The van der Waals surface area contributed by atoms with Crippen molar-refractivity contribution in [3.8, 4) is 5.69 Å². The van der Waals surface area contributed by atoms with E-state index >= 15 is 0 Å². The fraction of sp³-hybridized carbons (Fsp3) is 0.308. The van der Waals surface area contributed by atoms with Crippen LogP contribution < -0.4 is 21.1 Å². The topological polar surface area (TPSA) is 97.1 Å². The van der Waals surface area contributed by atoms with Crippen molar-refractivity contribution in [3.63, 3.8) is 0 Å². The van der Waals surface area contributed by atoms with Gasteiger partial charge in [0.25, 0.3) is 11.5 Å². The fourth-order valence-electron chi connectivity index (χ4n) is 4.99. The summed E-state index contributed by atoms with van der Waals surface area (Å²) < 4.78 is 31.3. The van der Waals surface area contributed by atoms with Crippen molar-refractivity contribution in [2.24, 2.45) is 7.05 Å². The maximum atomic E-state index is 14.3. The number of amides is 1. The molecule has 4 aromatic rings. The van der Waals surface area contributed by atoms with Crippen LogP contribution in [-0.4, -0.2) is 50.4 Å². The summed E-state index contributed by atoms with van der Waals surface area (Å²) in [6.07, 6.45) is 2.20. The molecule has 0 atom stereocenters. The van der Waals surface area contributed by atoms with E-state index in [0.717, 1.165) is 73.2 Å². The molecular formula is C26H25F2N7O2. The Morgan fingerprint density at radius 2 is 1.84 bits per heavy atom. The molecule has 3 heterocycles. The van der Waals surface area contributed by atoms with Crippen LogP contribution in [0, 0.1) is 18.6 Å². The molecule has 37 heavy (non-hydrogen) atoms. The predicted molar refractivity (Wildman–Crippen MR) is 135 cm³/mol. The standard InChI is InChI=1S/C26H25F2N7O2/c1-15-30-22-20(33(15)2)8-6-18(24(22)34-13-12-29-26(14-34)10-11-26)31-25(37)19-7-9-21(36)35(32-19)23-16(27)4-3-5-17(23)28/h3-9,29H,10-14H2,1-2H3,(H,31,37). The van der Waals surface area contributed by atoms with E-state index in [0.29, 0.717) is 10.4 Å². The van der Waals surface area contributed by atoms with Crippen LogP contribution in [0.3, 0.4) is 0 Å². The number of fused-ring (bicyclic) bond motifs is 1. The molecule has 6 rings (SSSR count). The van der Waals surface area contributed by atoms with Crippen LogP contribution in [0.4, 0.5) is 20.2 Å². The zero-order valence-electron chi connectivity index (χ0n) is 20.4. The summed E-state index contributed by atoms with van der Waals surface area (Å²) in [4.78, 5) is 32.7. The number of hydrogen-bond acceptors (Lipinski definition) is 6. The van der Waals surface area contributed by atoms with Gasteiger partial charge in [0, 0.05) is 38.3 Å². The largest absolute Gasteiger partial charge is 0.365 e. The third-order valence-corrected chi connectivity index (χ3v) is 7.23. The molecule has 0 radical (unpaired) electrons. The van der Waals surface area contributed by atoms with Crippen LogP contribution in [0.5, 0.6) is 0 Å². The Bertz CT molecular complexity index is 1600. The summed E-state index contributed by atoms with van der Waals surface area (Å²) in [6.45, 7) is 4.28. The minimum atomic E-state index is -0.960. The second-order valence-electron chi connectivity index (χ2n) is 9.67. The van der Waals surface area contributed by atoms with E-state index < -0.39 is 28.8 Å². The molecular weight excluding hydrogens is 480 g/mol. The van der Waals surface area contributed by atoms with E-state index in [1.807, 2.05) is 30.7 Å². The van der Waals surface area contributed by atoms with Crippen LogP contribution >= 0.6 is 0 Å². The van der Waals surface area contributed by atoms with Gasteiger partial charge >= 0.3 is 0 Å². The van der Waals surface area contributed by atoms with Gasteiger partial charge < -0.3 is 20.1 Å². The first kappa shape index (κ1) is 23.3. The van der Waals surface area contributed by atoms with Gasteiger partial charge in [-0.05, 0) is 50.1 Å². The maximum absolute atomic E-state index is 14.3. The van der Waals surface area contributed by atoms with Crippen molar-refractivity contribution in [2.75, 3.05) is 29.9 Å². The first-order valence-electron chi connectivity index (χ1n) is 12.1. The number of benzene rings is 2. The van der Waals surface area contributed by atoms with Crippen molar-refractivity contribution in [3.05, 3.63) is 76.0 Å². The number of carbonyl (C=O) groups is 1. The molecule has 0 unspecified atom stereocenters. The molecule has 1 amide bonds. The number of carbonyl (C=O) groups excluding carboxylic acids is 1. The van der Waals surface area contributed by atoms with Crippen molar-refractivity contribution >= 4 is 28.3 Å². The lowest BCUT2D eigenvalue weighted by Gasteiger charge is -2.36. The number of halogens is 2. The molecule has 1 spiro atoms. The van der Waals surface area contributed by atoms with Gasteiger partial charge in [0.2, 0.25) is 0 Å². The van der Waals surface area contributed by atoms with Gasteiger partial charge in [-0.1, -0.05) is 6.07 Å². The fourth-order valence-corrected chi connectivity index (χ4v) is 4.99. The van der Waals surface area contributed by atoms with Crippen LogP contribution in [0.1, 0.15) is 29.2 Å². The number of anilines is 2. The summed E-state index contributed by atoms with van der Waals surface area (Å²) in [5.74, 6) is -1.69. The molecule has 1 saturated carbocycles. The molecule has 1 saturated heterocycles. The summed E-state index contributed by atoms with van der Waals surface area (Å²) in [7, 11) is 1.95. The molecule has 190 valence electrons. The Labute approximate surface area is 210 Å². The van der Waals surface area contributed by atoms with Gasteiger partial charge in [-0.2, -0.15) is 9.78 Å². The van der Waals surface area contributed by atoms with Gasteiger partial charge in [-0.15, -0.1) is 0 Å². The summed E-state index contributed by atoms with van der Waals surface area (Å²) in [5, 5.41) is 10.5. The number of aromatic nitrogens is 4. The van der Waals surface area contributed by atoms with E-state index in [1.54, 1.807) is 0 Å². The maximum Gasteiger partial charge on any atom is 0.276 e. The number of nitrogens with zero attached hydrogens (tertiary/aromatic N) is 5. The number of aryl methyl sites for hydroxylation is 2. The van der Waals surface area contributed by atoms with E-state index in [2.05, 4.69) is 20.6 Å². The van der Waals surface area contributed by atoms with E-state index in [4.69, 9.17) is 4.98 Å². The van der Waals surface area contributed by atoms with Gasteiger partial charge in [0.15, 0.2) is 11.6 Å². The Balaban J connectivity index is 1.40. The summed E-state index contributed by atoms with van der Waals surface area (Å²) in [6, 6.07) is 9.25.